The number of ether oxygens (including phenoxy) is 1. The molecule has 0 aromatic heterocycles. The third kappa shape index (κ3) is 2.51. The lowest BCUT2D eigenvalue weighted by atomic mass is 9.80. The zero-order chi connectivity index (χ0) is 15.0. The molecule has 2 nitrogen and oxygen atoms in total. The van der Waals surface area contributed by atoms with Gasteiger partial charge in [0.2, 0.25) is 0 Å². The van der Waals surface area contributed by atoms with Crippen molar-refractivity contribution in [2.75, 3.05) is 12.4 Å². The fourth-order valence-corrected chi connectivity index (χ4v) is 3.44. The molecule has 110 valence electrons. The van der Waals surface area contributed by atoms with Crippen molar-refractivity contribution in [3.63, 3.8) is 0 Å². The summed E-state index contributed by atoms with van der Waals surface area (Å²) in [5.74, 6) is 1.44. The van der Waals surface area contributed by atoms with Crippen LogP contribution in [0.5, 0.6) is 5.75 Å². The molecule has 0 fully saturated rings. The predicted molar refractivity (Wildman–Crippen MR) is 88.5 cm³/mol. The van der Waals surface area contributed by atoms with E-state index in [1.807, 2.05) is 0 Å². The molecule has 21 heavy (non-hydrogen) atoms. The van der Waals surface area contributed by atoms with Crippen LogP contribution >= 0.6 is 0 Å². The van der Waals surface area contributed by atoms with Crippen molar-refractivity contribution in [3.8, 4) is 5.75 Å². The van der Waals surface area contributed by atoms with Crippen molar-refractivity contribution < 1.29 is 4.74 Å². The van der Waals surface area contributed by atoms with Gasteiger partial charge in [0.1, 0.15) is 5.75 Å². The number of anilines is 1. The fraction of sp³-hybridized carbons (Fsp3) is 0.368. The Morgan fingerprint density at radius 2 is 1.81 bits per heavy atom. The van der Waals surface area contributed by atoms with Gasteiger partial charge in [-0.2, -0.15) is 0 Å². The van der Waals surface area contributed by atoms with E-state index in [1.165, 1.54) is 27.9 Å². The fourth-order valence-electron chi connectivity index (χ4n) is 3.44. The Hall–Kier alpha value is -1.96. The molecule has 2 heteroatoms. The van der Waals surface area contributed by atoms with Gasteiger partial charge in [-0.05, 0) is 61.6 Å². The molecule has 0 saturated carbocycles. The highest BCUT2D eigenvalue weighted by molar-refractivity contribution is 5.59. The van der Waals surface area contributed by atoms with Crippen molar-refractivity contribution in [1.29, 1.82) is 0 Å². The summed E-state index contributed by atoms with van der Waals surface area (Å²) in [5, 5.41) is 3.59. The Kier molecular flexibility index (Phi) is 3.62. The molecule has 0 spiro atoms. The van der Waals surface area contributed by atoms with Crippen LogP contribution < -0.4 is 10.1 Å². The van der Waals surface area contributed by atoms with Crippen LogP contribution in [0.15, 0.2) is 36.4 Å². The summed E-state index contributed by atoms with van der Waals surface area (Å²) in [6, 6.07) is 13.6. The number of rotatable bonds is 2. The molecule has 1 N–H and O–H groups in total. The van der Waals surface area contributed by atoms with Crippen LogP contribution in [0, 0.1) is 13.8 Å². The molecular weight excluding hydrogens is 258 g/mol. The van der Waals surface area contributed by atoms with Crippen LogP contribution in [0.25, 0.3) is 0 Å². The van der Waals surface area contributed by atoms with E-state index in [-0.39, 0.29) is 0 Å². The second-order valence-electron chi connectivity index (χ2n) is 6.10. The van der Waals surface area contributed by atoms with Crippen molar-refractivity contribution in [2.45, 2.75) is 39.2 Å². The standard InChI is InChI=1S/C19H23NO/c1-12-10-19(21-4)13(2)9-16(12)17-11-14(3)20-18-8-6-5-7-15(17)18/h5-10,14,17,20H,11H2,1-4H3. The summed E-state index contributed by atoms with van der Waals surface area (Å²) in [7, 11) is 1.74. The van der Waals surface area contributed by atoms with Crippen LogP contribution in [-0.2, 0) is 0 Å². The van der Waals surface area contributed by atoms with E-state index in [0.29, 0.717) is 12.0 Å². The van der Waals surface area contributed by atoms with E-state index in [1.54, 1.807) is 7.11 Å². The maximum Gasteiger partial charge on any atom is 0.122 e. The summed E-state index contributed by atoms with van der Waals surface area (Å²) in [4.78, 5) is 0. The lowest BCUT2D eigenvalue weighted by Crippen LogP contribution is -2.26. The molecule has 0 aliphatic carbocycles. The number of fused-ring (bicyclic) bond motifs is 1. The molecule has 1 aliphatic heterocycles. The maximum atomic E-state index is 5.45. The number of hydrogen-bond acceptors (Lipinski definition) is 2. The number of methoxy groups -OCH3 is 1. The van der Waals surface area contributed by atoms with E-state index in [0.717, 1.165) is 12.2 Å². The number of para-hydroxylation sites is 1. The second kappa shape index (κ2) is 5.44. The minimum Gasteiger partial charge on any atom is -0.496 e. The van der Waals surface area contributed by atoms with Gasteiger partial charge in [-0.3, -0.25) is 0 Å². The van der Waals surface area contributed by atoms with E-state index in [9.17, 15) is 0 Å². The average Bonchev–Trinajstić information content (AvgIpc) is 2.48. The van der Waals surface area contributed by atoms with Gasteiger partial charge in [-0.25, -0.2) is 0 Å². The maximum absolute atomic E-state index is 5.45. The Bertz CT molecular complexity index is 663. The molecule has 0 radical (unpaired) electrons. The molecule has 0 amide bonds. The summed E-state index contributed by atoms with van der Waals surface area (Å²) in [6.45, 7) is 6.57. The quantitative estimate of drug-likeness (QED) is 0.865. The van der Waals surface area contributed by atoms with Crippen LogP contribution in [0.2, 0.25) is 0 Å². The highest BCUT2D eigenvalue weighted by Crippen LogP contribution is 2.41. The third-order valence-electron chi connectivity index (χ3n) is 4.49. The highest BCUT2D eigenvalue weighted by atomic mass is 16.5. The van der Waals surface area contributed by atoms with E-state index in [2.05, 4.69) is 62.5 Å². The van der Waals surface area contributed by atoms with Gasteiger partial charge in [-0.1, -0.05) is 24.3 Å². The van der Waals surface area contributed by atoms with Gasteiger partial charge < -0.3 is 10.1 Å². The molecule has 2 aromatic rings. The molecule has 2 atom stereocenters. The van der Waals surface area contributed by atoms with Crippen molar-refractivity contribution in [1.82, 2.24) is 0 Å². The first kappa shape index (κ1) is 14.0. The normalized spacial score (nSPS) is 20.6. The topological polar surface area (TPSA) is 21.3 Å². The van der Waals surface area contributed by atoms with E-state index >= 15 is 0 Å². The molecule has 0 saturated heterocycles. The monoisotopic (exact) mass is 281 g/mol. The molecule has 2 aromatic carbocycles. The van der Waals surface area contributed by atoms with Crippen molar-refractivity contribution in [3.05, 3.63) is 58.7 Å². The number of nitrogens with one attached hydrogen (secondary N) is 1. The highest BCUT2D eigenvalue weighted by Gasteiger charge is 2.26. The van der Waals surface area contributed by atoms with E-state index in [4.69, 9.17) is 4.74 Å². The Labute approximate surface area is 127 Å². The first-order valence-electron chi connectivity index (χ1n) is 7.60. The SMILES string of the molecule is COc1cc(C)c(C2CC(C)Nc3ccccc32)cc1C. The smallest absolute Gasteiger partial charge is 0.122 e. The average molecular weight is 281 g/mol. The molecule has 3 rings (SSSR count). The molecular formula is C19H23NO. The number of benzene rings is 2. The Morgan fingerprint density at radius 1 is 1.05 bits per heavy atom. The molecule has 1 heterocycles. The van der Waals surface area contributed by atoms with Crippen LogP contribution in [0.1, 0.15) is 41.5 Å². The van der Waals surface area contributed by atoms with Crippen molar-refractivity contribution in [2.24, 2.45) is 0 Å². The number of aryl methyl sites for hydroxylation is 2. The van der Waals surface area contributed by atoms with Gasteiger partial charge in [0, 0.05) is 17.6 Å². The minimum atomic E-state index is 0.460. The summed E-state index contributed by atoms with van der Waals surface area (Å²) >= 11 is 0. The number of hydrogen-bond donors (Lipinski definition) is 1. The summed E-state index contributed by atoms with van der Waals surface area (Å²) in [6.07, 6.45) is 1.13. The first-order valence-corrected chi connectivity index (χ1v) is 7.60. The first-order chi connectivity index (χ1) is 10.1. The predicted octanol–water partition coefficient (Wildman–Crippen LogP) is 4.65. The van der Waals surface area contributed by atoms with Gasteiger partial charge in [0.25, 0.3) is 0 Å². The molecule has 1 aliphatic rings. The van der Waals surface area contributed by atoms with Crippen LogP contribution in [0.3, 0.4) is 0 Å². The largest absolute Gasteiger partial charge is 0.496 e. The van der Waals surface area contributed by atoms with Gasteiger partial charge >= 0.3 is 0 Å². The van der Waals surface area contributed by atoms with Gasteiger partial charge in [0.05, 0.1) is 7.11 Å². The van der Waals surface area contributed by atoms with Crippen LogP contribution in [-0.4, -0.2) is 13.2 Å². The van der Waals surface area contributed by atoms with Gasteiger partial charge in [-0.15, -0.1) is 0 Å². The second-order valence-corrected chi connectivity index (χ2v) is 6.10. The lowest BCUT2D eigenvalue weighted by Gasteiger charge is -2.32. The summed E-state index contributed by atoms with van der Waals surface area (Å²) < 4.78 is 5.45. The van der Waals surface area contributed by atoms with Crippen molar-refractivity contribution >= 4 is 5.69 Å². The third-order valence-corrected chi connectivity index (χ3v) is 4.49. The Morgan fingerprint density at radius 3 is 2.57 bits per heavy atom. The lowest BCUT2D eigenvalue weighted by molar-refractivity contribution is 0.411. The zero-order valence-corrected chi connectivity index (χ0v) is 13.2. The van der Waals surface area contributed by atoms with Crippen LogP contribution in [0.4, 0.5) is 5.69 Å². The summed E-state index contributed by atoms with van der Waals surface area (Å²) in [5.41, 5.74) is 6.62. The zero-order valence-electron chi connectivity index (χ0n) is 13.2. The van der Waals surface area contributed by atoms with E-state index < -0.39 is 0 Å². The molecule has 2 unspecified atom stereocenters. The minimum absolute atomic E-state index is 0.460. The molecule has 0 bridgehead atoms. The Balaban J connectivity index is 2.11. The van der Waals surface area contributed by atoms with Gasteiger partial charge in [0.15, 0.2) is 0 Å².